The molecule has 0 spiro atoms. The van der Waals surface area contributed by atoms with Crippen LogP contribution >= 0.6 is 15.9 Å². The summed E-state index contributed by atoms with van der Waals surface area (Å²) >= 11 is 3.02. The molecule has 6 heteroatoms. The topological polar surface area (TPSA) is 65.0 Å². The zero-order valence-electron chi connectivity index (χ0n) is 11.4. The van der Waals surface area contributed by atoms with E-state index in [2.05, 4.69) is 28.0 Å². The Balaban J connectivity index is 2.70. The Hall–Kier alpha value is -0.910. The van der Waals surface area contributed by atoms with Gasteiger partial charge in [-0.05, 0) is 32.1 Å². The first-order valence-corrected chi connectivity index (χ1v) is 7.72. The highest BCUT2D eigenvalue weighted by molar-refractivity contribution is 9.09. The number of oxime groups is 1. The molecule has 0 saturated heterocycles. The number of ketones is 1. The summed E-state index contributed by atoms with van der Waals surface area (Å²) in [6.45, 7) is 3.97. The van der Waals surface area contributed by atoms with Crippen molar-refractivity contribution in [3.05, 3.63) is 0 Å². The van der Waals surface area contributed by atoms with Gasteiger partial charge in [0.1, 0.15) is 6.10 Å². The maximum atomic E-state index is 11.6. The minimum Gasteiger partial charge on any atom is -0.461 e. The molecule has 0 bridgehead atoms. The highest BCUT2D eigenvalue weighted by atomic mass is 79.9. The number of nitrogens with zero attached hydrogens (tertiary/aromatic N) is 1. The van der Waals surface area contributed by atoms with E-state index in [-0.39, 0.29) is 23.8 Å². The zero-order chi connectivity index (χ0) is 14.3. The summed E-state index contributed by atoms with van der Waals surface area (Å²) in [4.78, 5) is 28.6. The quantitative estimate of drug-likeness (QED) is 0.246. The van der Waals surface area contributed by atoms with Gasteiger partial charge in [0.2, 0.25) is 11.5 Å². The van der Waals surface area contributed by atoms with E-state index >= 15 is 0 Å². The van der Waals surface area contributed by atoms with Crippen molar-refractivity contribution < 1.29 is 19.2 Å². The molecule has 1 saturated carbocycles. The molecule has 0 aromatic heterocycles. The van der Waals surface area contributed by atoms with Crippen molar-refractivity contribution in [2.45, 2.75) is 45.6 Å². The largest absolute Gasteiger partial charge is 0.461 e. The molecule has 1 aliphatic carbocycles. The molecule has 0 radical (unpaired) electrons. The third kappa shape index (κ3) is 4.93. The Morgan fingerprint density at radius 2 is 2.00 bits per heavy atom. The molecule has 2 unspecified atom stereocenters. The summed E-state index contributed by atoms with van der Waals surface area (Å²) < 4.78 is 4.80. The first kappa shape index (κ1) is 16.1. The van der Waals surface area contributed by atoms with Crippen LogP contribution < -0.4 is 0 Å². The van der Waals surface area contributed by atoms with Crippen LogP contribution in [0.5, 0.6) is 0 Å². The van der Waals surface area contributed by atoms with Gasteiger partial charge in [0.05, 0.1) is 11.9 Å². The van der Waals surface area contributed by atoms with Gasteiger partial charge >= 0.3 is 5.97 Å². The van der Waals surface area contributed by atoms with E-state index in [1.165, 1.54) is 6.42 Å². The van der Waals surface area contributed by atoms with Gasteiger partial charge in [-0.15, -0.1) is 0 Å². The molecule has 0 aliphatic heterocycles. The van der Waals surface area contributed by atoms with Gasteiger partial charge in [-0.3, -0.25) is 4.79 Å². The van der Waals surface area contributed by atoms with Crippen LogP contribution in [0.1, 0.15) is 39.5 Å². The fraction of sp³-hybridized carbons (Fsp3) is 0.769. The predicted molar refractivity (Wildman–Crippen MR) is 75.4 cm³/mol. The van der Waals surface area contributed by atoms with Crippen molar-refractivity contribution in [3.8, 4) is 0 Å². The Labute approximate surface area is 121 Å². The summed E-state index contributed by atoms with van der Waals surface area (Å²) in [6.07, 6.45) is 4.24. The van der Waals surface area contributed by atoms with Crippen LogP contribution in [0, 0.1) is 5.92 Å². The van der Waals surface area contributed by atoms with E-state index in [0.29, 0.717) is 5.92 Å². The van der Waals surface area contributed by atoms with Crippen molar-refractivity contribution in [2.75, 3.05) is 11.9 Å². The molecule has 2 atom stereocenters. The van der Waals surface area contributed by atoms with Crippen LogP contribution in [-0.2, 0) is 19.2 Å². The Bertz CT molecular complexity index is 357. The number of Topliss-reactive ketones (excluding diaryl/α,β-unsaturated/α-hetero) is 1. The molecule has 1 aliphatic rings. The lowest BCUT2D eigenvalue weighted by atomic mass is 9.88. The van der Waals surface area contributed by atoms with Gasteiger partial charge in [0.15, 0.2) is 0 Å². The van der Waals surface area contributed by atoms with Crippen LogP contribution in [0.4, 0.5) is 0 Å². The maximum Gasteiger partial charge on any atom is 0.364 e. The fourth-order valence-electron chi connectivity index (χ4n) is 2.02. The van der Waals surface area contributed by atoms with Gasteiger partial charge in [-0.2, -0.15) is 0 Å². The number of alkyl halides is 1. The van der Waals surface area contributed by atoms with Crippen molar-refractivity contribution >= 4 is 33.4 Å². The summed E-state index contributed by atoms with van der Waals surface area (Å²) in [5.41, 5.74) is -0.267. The van der Waals surface area contributed by atoms with Gasteiger partial charge in [0, 0.05) is 0 Å². The number of rotatable bonds is 6. The molecule has 19 heavy (non-hydrogen) atoms. The second-order valence-corrected chi connectivity index (χ2v) is 5.18. The number of ether oxygens (including phenoxy) is 1. The normalized spacial score (nSPS) is 23.8. The third-order valence-electron chi connectivity index (χ3n) is 3.17. The molecular formula is C13H20BrNO4. The van der Waals surface area contributed by atoms with Crippen LogP contribution in [0.3, 0.4) is 0 Å². The minimum atomic E-state index is -0.726. The second kappa shape index (κ2) is 8.30. The number of hydrogen-bond acceptors (Lipinski definition) is 5. The Morgan fingerprint density at radius 3 is 2.58 bits per heavy atom. The molecule has 0 N–H and O–H groups in total. The molecule has 5 nitrogen and oxygen atoms in total. The average molecular weight is 334 g/mol. The van der Waals surface area contributed by atoms with E-state index < -0.39 is 11.8 Å². The summed E-state index contributed by atoms with van der Waals surface area (Å²) in [7, 11) is 0. The monoisotopic (exact) mass is 333 g/mol. The van der Waals surface area contributed by atoms with Gasteiger partial charge in [-0.1, -0.05) is 34.4 Å². The van der Waals surface area contributed by atoms with Crippen molar-refractivity contribution in [1.29, 1.82) is 0 Å². The smallest absolute Gasteiger partial charge is 0.364 e. The number of carbonyl (C=O) groups excluding carboxylic acids is 2. The van der Waals surface area contributed by atoms with E-state index in [0.717, 1.165) is 19.3 Å². The van der Waals surface area contributed by atoms with Crippen LogP contribution in [0.2, 0.25) is 0 Å². The van der Waals surface area contributed by atoms with Crippen LogP contribution in [0.15, 0.2) is 5.16 Å². The average Bonchev–Trinajstić information content (AvgIpc) is 2.41. The second-order valence-electron chi connectivity index (χ2n) is 4.62. The van der Waals surface area contributed by atoms with Crippen LogP contribution in [0.25, 0.3) is 0 Å². The Kier molecular flexibility index (Phi) is 7.05. The molecule has 1 rings (SSSR count). The first-order valence-electron chi connectivity index (χ1n) is 6.60. The maximum absolute atomic E-state index is 11.6. The number of halogens is 1. The van der Waals surface area contributed by atoms with Gasteiger partial charge < -0.3 is 9.57 Å². The minimum absolute atomic E-state index is 0.0221. The van der Waals surface area contributed by atoms with E-state index in [9.17, 15) is 9.59 Å². The SMILES string of the molecule is CCOC(=O)C(=NOC1CCCCC1C)C(=O)CBr. The van der Waals surface area contributed by atoms with Gasteiger partial charge in [0.25, 0.3) is 0 Å². The molecule has 1 fully saturated rings. The predicted octanol–water partition coefficient (Wildman–Crippen LogP) is 2.46. The Morgan fingerprint density at radius 1 is 1.32 bits per heavy atom. The van der Waals surface area contributed by atoms with Crippen molar-refractivity contribution in [1.82, 2.24) is 0 Å². The zero-order valence-corrected chi connectivity index (χ0v) is 12.9. The highest BCUT2D eigenvalue weighted by Gasteiger charge is 2.26. The van der Waals surface area contributed by atoms with E-state index in [1.807, 2.05) is 0 Å². The number of carbonyl (C=O) groups is 2. The molecule has 0 aromatic carbocycles. The molecule has 108 valence electrons. The van der Waals surface area contributed by atoms with Crippen molar-refractivity contribution in [3.63, 3.8) is 0 Å². The third-order valence-corrected chi connectivity index (χ3v) is 3.68. The lowest BCUT2D eigenvalue weighted by Gasteiger charge is -2.26. The molecule has 0 heterocycles. The summed E-state index contributed by atoms with van der Waals surface area (Å²) in [6, 6.07) is 0. The lowest BCUT2D eigenvalue weighted by molar-refractivity contribution is -0.136. The number of esters is 1. The van der Waals surface area contributed by atoms with Crippen LogP contribution in [-0.4, -0.2) is 35.5 Å². The van der Waals surface area contributed by atoms with E-state index in [4.69, 9.17) is 9.57 Å². The highest BCUT2D eigenvalue weighted by Crippen LogP contribution is 2.26. The lowest BCUT2D eigenvalue weighted by Crippen LogP contribution is -2.30. The number of hydrogen-bond donors (Lipinski definition) is 0. The fourth-order valence-corrected chi connectivity index (χ4v) is 2.29. The van der Waals surface area contributed by atoms with Crippen molar-refractivity contribution in [2.24, 2.45) is 11.1 Å². The molecular weight excluding hydrogens is 314 g/mol. The van der Waals surface area contributed by atoms with Gasteiger partial charge in [-0.25, -0.2) is 4.79 Å². The van der Waals surface area contributed by atoms with E-state index in [1.54, 1.807) is 6.92 Å². The molecule has 0 amide bonds. The first-order chi connectivity index (χ1) is 9.10. The standard InChI is InChI=1S/C13H20BrNO4/c1-3-18-13(17)12(10(16)8-14)15-19-11-7-5-4-6-9(11)2/h9,11H,3-8H2,1-2H3. The molecule has 0 aromatic rings. The summed E-state index contributed by atoms with van der Waals surface area (Å²) in [5.74, 6) is -0.766. The summed E-state index contributed by atoms with van der Waals surface area (Å²) in [5, 5.41) is 3.77.